The Morgan fingerprint density at radius 2 is 1.92 bits per heavy atom. The predicted octanol–water partition coefficient (Wildman–Crippen LogP) is 2.93. The first kappa shape index (κ1) is 7.85. The van der Waals surface area contributed by atoms with E-state index >= 15 is 0 Å². The molecule has 69 valence electrons. The Labute approximate surface area is 80.1 Å². The van der Waals surface area contributed by atoms with E-state index in [9.17, 15) is 0 Å². The monoisotopic (exact) mass is 174 g/mol. The Kier molecular flexibility index (Phi) is 1.51. The summed E-state index contributed by atoms with van der Waals surface area (Å²) in [5.74, 6) is 2.72. The van der Waals surface area contributed by atoms with Crippen LogP contribution in [-0.2, 0) is 0 Å². The third-order valence-electron chi connectivity index (χ3n) is 4.38. The molecule has 13 heavy (non-hydrogen) atoms. The normalized spacial score (nSPS) is 52.1. The van der Waals surface area contributed by atoms with Gasteiger partial charge in [0.25, 0.3) is 0 Å². The van der Waals surface area contributed by atoms with Crippen molar-refractivity contribution in [3.63, 3.8) is 0 Å². The zero-order chi connectivity index (χ0) is 8.89. The van der Waals surface area contributed by atoms with Crippen molar-refractivity contribution in [2.24, 2.45) is 23.2 Å². The highest BCUT2D eigenvalue weighted by molar-refractivity contribution is 5.10. The van der Waals surface area contributed by atoms with Crippen molar-refractivity contribution < 1.29 is 0 Å². The van der Waals surface area contributed by atoms with Gasteiger partial charge >= 0.3 is 0 Å². The van der Waals surface area contributed by atoms with Gasteiger partial charge < -0.3 is 0 Å². The number of nitrogens with zero attached hydrogens (tertiary/aromatic N) is 1. The second-order valence-corrected chi connectivity index (χ2v) is 5.50. The van der Waals surface area contributed by atoms with E-state index in [2.05, 4.69) is 12.5 Å². The lowest BCUT2D eigenvalue weighted by Crippen LogP contribution is -2.46. The Bertz CT molecular complexity index is 226. The molecule has 0 heterocycles. The molecule has 4 aliphatic rings. The van der Waals surface area contributed by atoms with Crippen LogP contribution in [0.2, 0.25) is 0 Å². The van der Waals surface area contributed by atoms with E-state index in [1.165, 1.54) is 32.1 Å². The van der Waals surface area contributed by atoms with Gasteiger partial charge in [0, 0.05) is 6.42 Å². The number of hydrogen-bond acceptors (Lipinski definition) is 1. The fourth-order valence-electron chi connectivity index (χ4n) is 4.32. The minimum atomic E-state index is 0.458. The van der Waals surface area contributed by atoms with E-state index in [1.807, 2.05) is 0 Å². The lowest BCUT2D eigenvalue weighted by atomic mass is 9.49. The van der Waals surface area contributed by atoms with Gasteiger partial charge in [-0.25, -0.2) is 0 Å². The molecular weight excluding hydrogens is 158 g/mol. The van der Waals surface area contributed by atoms with Crippen molar-refractivity contribution >= 4 is 0 Å². The van der Waals surface area contributed by atoms with Crippen LogP contribution in [-0.4, -0.2) is 0 Å². The van der Waals surface area contributed by atoms with Gasteiger partial charge in [0.1, 0.15) is 0 Å². The van der Waals surface area contributed by atoms with Gasteiger partial charge in [0.15, 0.2) is 0 Å². The molecule has 4 saturated carbocycles. The summed E-state index contributed by atoms with van der Waals surface area (Å²) in [6.07, 6.45) is 10.3. The SMILES string of the molecule is N#CCC12CC3[CH]C(CC(C3)C1)C2. The van der Waals surface area contributed by atoms with Crippen LogP contribution in [0.5, 0.6) is 0 Å². The van der Waals surface area contributed by atoms with Crippen LogP contribution < -0.4 is 0 Å². The minimum Gasteiger partial charge on any atom is -0.198 e. The summed E-state index contributed by atoms with van der Waals surface area (Å²) in [4.78, 5) is 0. The lowest BCUT2D eigenvalue weighted by Gasteiger charge is -2.56. The van der Waals surface area contributed by atoms with E-state index in [0.29, 0.717) is 5.41 Å². The first-order chi connectivity index (χ1) is 6.30. The molecule has 0 N–H and O–H groups in total. The summed E-state index contributed by atoms with van der Waals surface area (Å²) in [6, 6.07) is 2.41. The topological polar surface area (TPSA) is 23.8 Å². The lowest BCUT2D eigenvalue weighted by molar-refractivity contribution is -0.0147. The highest BCUT2D eigenvalue weighted by atomic mass is 14.5. The predicted molar refractivity (Wildman–Crippen MR) is 50.5 cm³/mol. The standard InChI is InChI=1S/C12H16N/c13-2-1-12-6-9-3-10(7-12)5-11(4-9)8-12/h3,9-11H,1,4-8H2. The van der Waals surface area contributed by atoms with Crippen molar-refractivity contribution in [3.05, 3.63) is 6.42 Å². The summed E-state index contributed by atoms with van der Waals surface area (Å²) < 4.78 is 0. The molecule has 4 aliphatic carbocycles. The maximum Gasteiger partial charge on any atom is 0.0627 e. The van der Waals surface area contributed by atoms with Gasteiger partial charge in [-0.15, -0.1) is 0 Å². The molecule has 0 aromatic carbocycles. The Morgan fingerprint density at radius 1 is 1.23 bits per heavy atom. The molecule has 0 saturated heterocycles. The molecule has 1 nitrogen and oxygen atoms in total. The zero-order valence-corrected chi connectivity index (χ0v) is 8.00. The maximum absolute atomic E-state index is 8.87. The van der Waals surface area contributed by atoms with Gasteiger partial charge in [-0.2, -0.15) is 5.26 Å². The molecule has 2 atom stereocenters. The molecule has 0 aliphatic heterocycles. The molecule has 1 radical (unpaired) electrons. The molecule has 0 amide bonds. The second kappa shape index (κ2) is 2.50. The van der Waals surface area contributed by atoms with Crippen LogP contribution in [0.15, 0.2) is 0 Å². The summed E-state index contributed by atoms with van der Waals surface area (Å²) in [5.41, 5.74) is 0.458. The number of nitriles is 1. The number of hydrogen-bond donors (Lipinski definition) is 0. The van der Waals surface area contributed by atoms with Crippen LogP contribution in [0, 0.1) is 40.9 Å². The van der Waals surface area contributed by atoms with Crippen molar-refractivity contribution in [3.8, 4) is 6.07 Å². The minimum absolute atomic E-state index is 0.458. The van der Waals surface area contributed by atoms with E-state index in [-0.39, 0.29) is 0 Å². The summed E-state index contributed by atoms with van der Waals surface area (Å²) in [5, 5.41) is 8.87. The molecular formula is C12H16N. The maximum atomic E-state index is 8.87. The van der Waals surface area contributed by atoms with Crippen molar-refractivity contribution in [2.45, 2.75) is 38.5 Å². The fourth-order valence-corrected chi connectivity index (χ4v) is 4.32. The first-order valence-corrected chi connectivity index (χ1v) is 5.52. The summed E-state index contributed by atoms with van der Waals surface area (Å²) in [7, 11) is 0. The van der Waals surface area contributed by atoms with E-state index in [1.54, 1.807) is 0 Å². The van der Waals surface area contributed by atoms with Crippen LogP contribution in [0.25, 0.3) is 0 Å². The largest absolute Gasteiger partial charge is 0.198 e. The Hall–Kier alpha value is -0.510. The van der Waals surface area contributed by atoms with Crippen molar-refractivity contribution in [1.82, 2.24) is 0 Å². The van der Waals surface area contributed by atoms with E-state index in [4.69, 9.17) is 5.26 Å². The highest BCUT2D eigenvalue weighted by Gasteiger charge is 2.50. The van der Waals surface area contributed by atoms with Gasteiger partial charge in [-0.3, -0.25) is 0 Å². The molecule has 0 aromatic heterocycles. The molecule has 0 spiro atoms. The molecule has 4 bridgehead atoms. The molecule has 1 heteroatoms. The molecule has 4 fully saturated rings. The Morgan fingerprint density at radius 3 is 2.46 bits per heavy atom. The molecule has 0 aromatic rings. The van der Waals surface area contributed by atoms with E-state index in [0.717, 1.165) is 24.2 Å². The number of rotatable bonds is 1. The van der Waals surface area contributed by atoms with Gasteiger partial charge in [-0.1, -0.05) is 0 Å². The highest BCUT2D eigenvalue weighted by Crippen LogP contribution is 2.60. The van der Waals surface area contributed by atoms with Crippen LogP contribution in [0.3, 0.4) is 0 Å². The van der Waals surface area contributed by atoms with E-state index < -0.39 is 0 Å². The molecule has 4 rings (SSSR count). The second-order valence-electron chi connectivity index (χ2n) is 5.50. The van der Waals surface area contributed by atoms with Gasteiger partial charge in [0.2, 0.25) is 0 Å². The smallest absolute Gasteiger partial charge is 0.0627 e. The average Bonchev–Trinajstić information content (AvgIpc) is 2.00. The van der Waals surface area contributed by atoms with Crippen molar-refractivity contribution in [2.75, 3.05) is 0 Å². The third kappa shape index (κ3) is 1.11. The van der Waals surface area contributed by atoms with Crippen LogP contribution in [0.1, 0.15) is 38.5 Å². The zero-order valence-electron chi connectivity index (χ0n) is 8.00. The van der Waals surface area contributed by atoms with Crippen LogP contribution >= 0.6 is 0 Å². The summed E-state index contributed by atoms with van der Waals surface area (Å²) in [6.45, 7) is 0. The van der Waals surface area contributed by atoms with Gasteiger partial charge in [-0.05, 0) is 61.7 Å². The fraction of sp³-hybridized carbons (Fsp3) is 0.833. The van der Waals surface area contributed by atoms with Crippen LogP contribution in [0.4, 0.5) is 0 Å². The summed E-state index contributed by atoms with van der Waals surface area (Å²) >= 11 is 0. The van der Waals surface area contributed by atoms with Crippen molar-refractivity contribution in [1.29, 1.82) is 5.26 Å². The first-order valence-electron chi connectivity index (χ1n) is 5.52. The Balaban J connectivity index is 1.88. The molecule has 2 unspecified atom stereocenters. The third-order valence-corrected chi connectivity index (χ3v) is 4.38. The quantitative estimate of drug-likeness (QED) is 0.599. The average molecular weight is 174 g/mol. The van der Waals surface area contributed by atoms with Gasteiger partial charge in [0.05, 0.1) is 6.07 Å².